The minimum absolute atomic E-state index is 0.0568. The van der Waals surface area contributed by atoms with Crippen molar-refractivity contribution in [3.05, 3.63) is 87.7 Å². The van der Waals surface area contributed by atoms with Crippen LogP contribution in [0.15, 0.2) is 65.4 Å². The molecule has 0 saturated carbocycles. The van der Waals surface area contributed by atoms with Crippen molar-refractivity contribution in [1.82, 2.24) is 9.78 Å². The van der Waals surface area contributed by atoms with Crippen LogP contribution in [0.4, 0.5) is 0 Å². The largest absolute Gasteiger partial charge is 0.489 e. The minimum atomic E-state index is -0.900. The van der Waals surface area contributed by atoms with Gasteiger partial charge in [-0.2, -0.15) is 16.4 Å². The fraction of sp³-hybridized carbons (Fsp3) is 0.250. The quantitative estimate of drug-likeness (QED) is 0.249. The zero-order valence-electron chi connectivity index (χ0n) is 20.8. The number of ether oxygens (including phenoxy) is 3. The van der Waals surface area contributed by atoms with E-state index in [2.05, 4.69) is 5.10 Å². The lowest BCUT2D eigenvalue weighted by atomic mass is 9.99. The number of rotatable bonds is 11. The number of methoxy groups -OCH3 is 1. The number of thiophene rings is 1. The molecule has 37 heavy (non-hydrogen) atoms. The van der Waals surface area contributed by atoms with Gasteiger partial charge in [-0.15, -0.1) is 0 Å². The first kappa shape index (κ1) is 26.0. The number of carboxylic acids is 1. The number of hydrogen-bond acceptors (Lipinski definition) is 7. The smallest absolute Gasteiger partial charge is 0.356 e. The van der Waals surface area contributed by atoms with Gasteiger partial charge < -0.3 is 19.3 Å². The molecule has 9 heteroatoms. The number of carboxylic acid groups (broad SMARTS) is 1. The van der Waals surface area contributed by atoms with E-state index in [1.807, 2.05) is 60.1 Å². The average molecular weight is 521 g/mol. The van der Waals surface area contributed by atoms with E-state index in [0.29, 0.717) is 35.1 Å². The van der Waals surface area contributed by atoms with Crippen LogP contribution in [-0.2, 0) is 23.2 Å². The number of esters is 1. The Balaban J connectivity index is 1.74. The van der Waals surface area contributed by atoms with Crippen LogP contribution in [0.2, 0.25) is 0 Å². The van der Waals surface area contributed by atoms with Gasteiger partial charge in [0.1, 0.15) is 29.9 Å². The summed E-state index contributed by atoms with van der Waals surface area (Å²) in [5, 5.41) is 17.9. The van der Waals surface area contributed by atoms with Crippen molar-refractivity contribution in [2.24, 2.45) is 7.05 Å². The van der Waals surface area contributed by atoms with E-state index in [-0.39, 0.29) is 12.8 Å². The second-order valence-corrected chi connectivity index (χ2v) is 9.28. The molecule has 2 heterocycles. The van der Waals surface area contributed by atoms with Gasteiger partial charge in [0.25, 0.3) is 0 Å². The number of carbonyl (C=O) groups is 2. The van der Waals surface area contributed by atoms with E-state index in [4.69, 9.17) is 14.2 Å². The Hall–Kier alpha value is -4.11. The zero-order valence-corrected chi connectivity index (χ0v) is 21.7. The molecule has 0 aliphatic carbocycles. The summed E-state index contributed by atoms with van der Waals surface area (Å²) in [6.45, 7) is 2.37. The third-order valence-electron chi connectivity index (χ3n) is 5.91. The number of aryl methyl sites for hydroxylation is 2. The van der Waals surface area contributed by atoms with Gasteiger partial charge in [0.2, 0.25) is 0 Å². The van der Waals surface area contributed by atoms with E-state index in [0.717, 1.165) is 16.7 Å². The van der Waals surface area contributed by atoms with Crippen molar-refractivity contribution >= 4 is 23.3 Å². The Morgan fingerprint density at radius 3 is 2.65 bits per heavy atom. The lowest BCUT2D eigenvalue weighted by molar-refractivity contribution is -0.137. The van der Waals surface area contributed by atoms with Crippen molar-refractivity contribution in [1.29, 1.82) is 0 Å². The zero-order chi connectivity index (χ0) is 26.4. The Morgan fingerprint density at radius 2 is 1.95 bits per heavy atom. The molecule has 0 aliphatic rings. The van der Waals surface area contributed by atoms with Crippen LogP contribution >= 0.6 is 11.3 Å². The molecule has 4 aromatic rings. The maximum atomic E-state index is 12.2. The second kappa shape index (κ2) is 11.7. The number of aromatic nitrogens is 2. The number of nitrogens with zero attached hydrogens (tertiary/aromatic N) is 2. The summed E-state index contributed by atoms with van der Waals surface area (Å²) in [5.74, 6) is -0.340. The second-order valence-electron chi connectivity index (χ2n) is 8.50. The minimum Gasteiger partial charge on any atom is -0.489 e. The molecule has 0 fully saturated rings. The first-order chi connectivity index (χ1) is 17.9. The summed E-state index contributed by atoms with van der Waals surface area (Å²) in [4.78, 5) is 23.6. The van der Waals surface area contributed by atoms with E-state index >= 15 is 0 Å². The molecule has 0 saturated heterocycles. The van der Waals surface area contributed by atoms with E-state index in [1.54, 1.807) is 30.5 Å². The van der Waals surface area contributed by atoms with Crippen LogP contribution in [0.3, 0.4) is 0 Å². The highest BCUT2D eigenvalue weighted by Crippen LogP contribution is 2.38. The van der Waals surface area contributed by atoms with Crippen LogP contribution in [0.1, 0.15) is 46.1 Å². The fourth-order valence-electron chi connectivity index (χ4n) is 3.97. The normalized spacial score (nSPS) is 11.6. The molecule has 0 spiro atoms. The van der Waals surface area contributed by atoms with Gasteiger partial charge in [-0.1, -0.05) is 24.3 Å². The predicted octanol–water partition coefficient (Wildman–Crippen LogP) is 5.81. The summed E-state index contributed by atoms with van der Waals surface area (Å²) in [6.07, 6.45) is -0.305. The van der Waals surface area contributed by atoms with E-state index < -0.39 is 18.0 Å². The average Bonchev–Trinajstić information content (AvgIpc) is 3.55. The van der Waals surface area contributed by atoms with Crippen LogP contribution < -0.4 is 9.47 Å². The van der Waals surface area contributed by atoms with Crippen LogP contribution in [0.5, 0.6) is 11.5 Å². The maximum Gasteiger partial charge on any atom is 0.356 e. The van der Waals surface area contributed by atoms with Crippen molar-refractivity contribution < 1.29 is 28.9 Å². The lowest BCUT2D eigenvalue weighted by Gasteiger charge is -2.23. The molecule has 2 aromatic heterocycles. The summed E-state index contributed by atoms with van der Waals surface area (Å²) in [7, 11) is 2.98. The molecule has 0 bridgehead atoms. The van der Waals surface area contributed by atoms with Crippen molar-refractivity contribution in [3.63, 3.8) is 0 Å². The van der Waals surface area contributed by atoms with Crippen LogP contribution in [0, 0.1) is 6.92 Å². The maximum absolute atomic E-state index is 12.2. The Kier molecular flexibility index (Phi) is 8.25. The van der Waals surface area contributed by atoms with Gasteiger partial charge in [-0.25, -0.2) is 4.79 Å². The molecule has 1 unspecified atom stereocenters. The summed E-state index contributed by atoms with van der Waals surface area (Å²) >= 11 is 1.60. The molecule has 8 nitrogen and oxygen atoms in total. The van der Waals surface area contributed by atoms with Gasteiger partial charge in [0.05, 0.1) is 12.8 Å². The van der Waals surface area contributed by atoms with Crippen LogP contribution in [0.25, 0.3) is 11.3 Å². The molecule has 4 rings (SSSR count). The van der Waals surface area contributed by atoms with Gasteiger partial charge in [0.15, 0.2) is 0 Å². The van der Waals surface area contributed by atoms with E-state index in [1.165, 1.54) is 11.8 Å². The molecule has 2 aromatic carbocycles. The fourth-order valence-corrected chi connectivity index (χ4v) is 4.62. The SMILES string of the molecule is COC(=O)c1cc(-c2ccc(OCc3ccsc3)cc2OC(CCC(=O)O)c2ccccc2C)nn1C. The molecule has 1 N–H and O–H groups in total. The van der Waals surface area contributed by atoms with Gasteiger partial charge in [-0.3, -0.25) is 9.48 Å². The molecule has 192 valence electrons. The Bertz CT molecular complexity index is 1380. The van der Waals surface area contributed by atoms with E-state index in [9.17, 15) is 14.7 Å². The molecule has 0 amide bonds. The molecule has 0 radical (unpaired) electrons. The van der Waals surface area contributed by atoms with Gasteiger partial charge >= 0.3 is 11.9 Å². The molecule has 0 aliphatic heterocycles. The number of carbonyl (C=O) groups excluding carboxylic acids is 1. The molecular formula is C28H28N2O6S. The molecule has 1 atom stereocenters. The highest BCUT2D eigenvalue weighted by Gasteiger charge is 2.22. The van der Waals surface area contributed by atoms with Crippen molar-refractivity contribution in [2.45, 2.75) is 32.5 Å². The Morgan fingerprint density at radius 1 is 1.14 bits per heavy atom. The first-order valence-electron chi connectivity index (χ1n) is 11.7. The predicted molar refractivity (Wildman–Crippen MR) is 140 cm³/mol. The molecular weight excluding hydrogens is 492 g/mol. The standard InChI is InChI=1S/C28H28N2O6S/c1-18-6-4-5-7-21(18)25(10-11-27(31)32)36-26-14-20(35-16-19-12-13-37-17-19)8-9-22(26)23-15-24(28(33)34-3)30(2)29-23/h4-9,12-15,17,25H,10-11,16H2,1-3H3,(H,31,32). The highest BCUT2D eigenvalue weighted by atomic mass is 32.1. The third-order valence-corrected chi connectivity index (χ3v) is 6.65. The Labute approximate surface area is 219 Å². The van der Waals surface area contributed by atoms with Gasteiger partial charge in [0, 0.05) is 25.1 Å². The van der Waals surface area contributed by atoms with Gasteiger partial charge in [-0.05, 0) is 65.1 Å². The monoisotopic (exact) mass is 520 g/mol. The first-order valence-corrected chi connectivity index (χ1v) is 12.6. The van der Waals surface area contributed by atoms with Crippen LogP contribution in [-0.4, -0.2) is 33.9 Å². The van der Waals surface area contributed by atoms with Crippen molar-refractivity contribution in [3.8, 4) is 22.8 Å². The van der Waals surface area contributed by atoms with Crippen molar-refractivity contribution in [2.75, 3.05) is 7.11 Å². The summed E-state index contributed by atoms with van der Waals surface area (Å²) < 4.78 is 18.9. The topological polar surface area (TPSA) is 99.9 Å². The highest BCUT2D eigenvalue weighted by molar-refractivity contribution is 7.07. The summed E-state index contributed by atoms with van der Waals surface area (Å²) in [5.41, 5.74) is 4.41. The third kappa shape index (κ3) is 6.37. The number of hydrogen-bond donors (Lipinski definition) is 1. The summed E-state index contributed by atoms with van der Waals surface area (Å²) in [6, 6.07) is 16.8. The lowest BCUT2D eigenvalue weighted by Crippen LogP contribution is -2.12. The number of benzene rings is 2. The number of aliphatic carboxylic acids is 1.